The summed E-state index contributed by atoms with van der Waals surface area (Å²) in [5.41, 5.74) is 2.55. The van der Waals surface area contributed by atoms with Crippen molar-refractivity contribution in [3.05, 3.63) is 66.5 Å². The highest BCUT2D eigenvalue weighted by Crippen LogP contribution is 2.16. The fourth-order valence-corrected chi connectivity index (χ4v) is 3.41. The van der Waals surface area contributed by atoms with Crippen LogP contribution in [0.5, 0.6) is 0 Å². The number of esters is 1. The van der Waals surface area contributed by atoms with Gasteiger partial charge in [0.25, 0.3) is 5.91 Å². The molecular weight excluding hydrogens is 368 g/mol. The van der Waals surface area contributed by atoms with Gasteiger partial charge in [0.2, 0.25) is 0 Å². The van der Waals surface area contributed by atoms with Gasteiger partial charge in [0.05, 0.1) is 17.2 Å². The molecule has 0 radical (unpaired) electrons. The molecule has 1 unspecified atom stereocenters. The number of rotatable bonds is 4. The van der Waals surface area contributed by atoms with E-state index in [4.69, 9.17) is 4.74 Å². The number of piperazine rings is 1. The molecule has 7 nitrogen and oxygen atoms in total. The minimum atomic E-state index is -0.876. The number of hydrogen-bond donors (Lipinski definition) is 0. The Morgan fingerprint density at radius 1 is 0.931 bits per heavy atom. The van der Waals surface area contributed by atoms with Gasteiger partial charge in [-0.05, 0) is 31.2 Å². The van der Waals surface area contributed by atoms with E-state index < -0.39 is 12.1 Å². The number of fused-ring (bicyclic) bond motifs is 1. The second-order valence-corrected chi connectivity index (χ2v) is 6.94. The largest absolute Gasteiger partial charge is 0.448 e. The first kappa shape index (κ1) is 18.9. The summed E-state index contributed by atoms with van der Waals surface area (Å²) in [7, 11) is 0. The average molecular weight is 390 g/mol. The second-order valence-electron chi connectivity index (χ2n) is 6.94. The molecule has 4 rings (SSSR count). The summed E-state index contributed by atoms with van der Waals surface area (Å²) in [6, 6.07) is 17.4. The maximum atomic E-state index is 12.7. The van der Waals surface area contributed by atoms with Crippen molar-refractivity contribution in [3.63, 3.8) is 0 Å². The van der Waals surface area contributed by atoms with E-state index in [0.717, 1.165) is 18.8 Å². The van der Waals surface area contributed by atoms with Crippen molar-refractivity contribution in [2.24, 2.45) is 0 Å². The summed E-state index contributed by atoms with van der Waals surface area (Å²) in [6.07, 6.45) is 0.500. The van der Waals surface area contributed by atoms with Crippen molar-refractivity contribution < 1.29 is 14.3 Å². The molecule has 1 amide bonds. The molecule has 0 N–H and O–H groups in total. The Balaban J connectivity index is 1.35. The molecule has 1 saturated heterocycles. The maximum absolute atomic E-state index is 12.7. The lowest BCUT2D eigenvalue weighted by Crippen LogP contribution is -2.51. The van der Waals surface area contributed by atoms with Gasteiger partial charge in [0.15, 0.2) is 11.8 Å². The van der Waals surface area contributed by atoms with Crippen molar-refractivity contribution in [1.29, 1.82) is 0 Å². The standard InChI is InChI=1S/C22H22N4O3/c1-16(29-22(28)20-15-23-18-9-5-6-10-19(18)24-20)21(27)26-13-11-25(12-14-26)17-7-3-2-4-8-17/h2-10,15-16H,11-14H2,1H3. The van der Waals surface area contributed by atoms with Crippen molar-refractivity contribution >= 4 is 28.6 Å². The Bertz CT molecular complexity index is 1020. The molecule has 29 heavy (non-hydrogen) atoms. The van der Waals surface area contributed by atoms with Crippen molar-refractivity contribution in [2.75, 3.05) is 31.1 Å². The molecule has 0 bridgehead atoms. The monoisotopic (exact) mass is 390 g/mol. The highest BCUT2D eigenvalue weighted by atomic mass is 16.5. The first-order valence-corrected chi connectivity index (χ1v) is 9.63. The van der Waals surface area contributed by atoms with Gasteiger partial charge in [-0.15, -0.1) is 0 Å². The number of carbonyl (C=O) groups excluding carboxylic acids is 2. The lowest BCUT2D eigenvalue weighted by atomic mass is 10.2. The van der Waals surface area contributed by atoms with E-state index in [1.165, 1.54) is 6.20 Å². The van der Waals surface area contributed by atoms with Crippen LogP contribution in [0.15, 0.2) is 60.8 Å². The first-order valence-electron chi connectivity index (χ1n) is 9.63. The lowest BCUT2D eigenvalue weighted by molar-refractivity contribution is -0.140. The number of nitrogens with zero attached hydrogens (tertiary/aromatic N) is 4. The summed E-state index contributed by atoms with van der Waals surface area (Å²) in [5.74, 6) is -0.841. The van der Waals surface area contributed by atoms with E-state index >= 15 is 0 Å². The maximum Gasteiger partial charge on any atom is 0.359 e. The number of benzene rings is 2. The van der Waals surface area contributed by atoms with Gasteiger partial charge in [-0.25, -0.2) is 9.78 Å². The Kier molecular flexibility index (Phi) is 5.37. The molecule has 1 aliphatic heterocycles. The van der Waals surface area contributed by atoms with Crippen LogP contribution >= 0.6 is 0 Å². The average Bonchev–Trinajstić information content (AvgIpc) is 2.79. The third-order valence-corrected chi connectivity index (χ3v) is 5.00. The normalized spacial score (nSPS) is 15.2. The Labute approximate surface area is 168 Å². The summed E-state index contributed by atoms with van der Waals surface area (Å²) in [4.78, 5) is 37.6. The predicted octanol–water partition coefficient (Wildman–Crippen LogP) is 2.52. The van der Waals surface area contributed by atoms with E-state index in [1.807, 2.05) is 36.4 Å². The van der Waals surface area contributed by atoms with Crippen LogP contribution in [0.25, 0.3) is 11.0 Å². The molecular formula is C22H22N4O3. The number of ether oxygens (including phenoxy) is 1. The zero-order chi connectivity index (χ0) is 20.2. The van der Waals surface area contributed by atoms with Gasteiger partial charge < -0.3 is 14.5 Å². The van der Waals surface area contributed by atoms with Gasteiger partial charge in [-0.3, -0.25) is 9.78 Å². The molecule has 0 saturated carbocycles. The van der Waals surface area contributed by atoms with E-state index in [2.05, 4.69) is 27.0 Å². The number of amides is 1. The van der Waals surface area contributed by atoms with Crippen molar-refractivity contribution in [1.82, 2.24) is 14.9 Å². The number of aromatic nitrogens is 2. The van der Waals surface area contributed by atoms with Crippen LogP contribution in [0.2, 0.25) is 0 Å². The van der Waals surface area contributed by atoms with Crippen LogP contribution in [0.3, 0.4) is 0 Å². The summed E-state index contributed by atoms with van der Waals surface area (Å²) >= 11 is 0. The smallest absolute Gasteiger partial charge is 0.359 e. The van der Waals surface area contributed by atoms with Crippen LogP contribution in [-0.2, 0) is 9.53 Å². The van der Waals surface area contributed by atoms with Crippen LogP contribution in [0.1, 0.15) is 17.4 Å². The van der Waals surface area contributed by atoms with Crippen molar-refractivity contribution in [2.45, 2.75) is 13.0 Å². The Hall–Kier alpha value is -3.48. The molecule has 1 aromatic heterocycles. The minimum absolute atomic E-state index is 0.0947. The molecule has 2 heterocycles. The van der Waals surface area contributed by atoms with Gasteiger partial charge in [0.1, 0.15) is 0 Å². The van der Waals surface area contributed by atoms with Crippen LogP contribution in [0.4, 0.5) is 5.69 Å². The topological polar surface area (TPSA) is 75.6 Å². The summed E-state index contributed by atoms with van der Waals surface area (Å²) < 4.78 is 5.37. The van der Waals surface area contributed by atoms with Crippen LogP contribution < -0.4 is 4.90 Å². The van der Waals surface area contributed by atoms with Gasteiger partial charge in [0, 0.05) is 31.9 Å². The minimum Gasteiger partial charge on any atom is -0.448 e. The fourth-order valence-electron chi connectivity index (χ4n) is 3.41. The number of anilines is 1. The molecule has 148 valence electrons. The molecule has 1 fully saturated rings. The molecule has 7 heteroatoms. The highest BCUT2D eigenvalue weighted by Gasteiger charge is 2.28. The number of hydrogen-bond acceptors (Lipinski definition) is 6. The number of carbonyl (C=O) groups is 2. The van der Waals surface area contributed by atoms with Gasteiger partial charge >= 0.3 is 5.97 Å². The van der Waals surface area contributed by atoms with Crippen LogP contribution in [0, 0.1) is 0 Å². The SMILES string of the molecule is CC(OC(=O)c1cnc2ccccc2n1)C(=O)N1CCN(c2ccccc2)CC1. The Morgan fingerprint density at radius 3 is 2.31 bits per heavy atom. The molecule has 1 atom stereocenters. The van der Waals surface area contributed by atoms with E-state index in [1.54, 1.807) is 17.9 Å². The molecule has 3 aromatic rings. The predicted molar refractivity (Wildman–Crippen MR) is 110 cm³/mol. The fraction of sp³-hybridized carbons (Fsp3) is 0.273. The molecule has 0 aliphatic carbocycles. The third-order valence-electron chi connectivity index (χ3n) is 5.00. The Morgan fingerprint density at radius 2 is 1.59 bits per heavy atom. The van der Waals surface area contributed by atoms with Gasteiger partial charge in [-0.2, -0.15) is 0 Å². The zero-order valence-electron chi connectivity index (χ0n) is 16.2. The third kappa shape index (κ3) is 4.18. The lowest BCUT2D eigenvalue weighted by Gasteiger charge is -2.37. The second kappa shape index (κ2) is 8.26. The van der Waals surface area contributed by atoms with Crippen molar-refractivity contribution in [3.8, 4) is 0 Å². The van der Waals surface area contributed by atoms with E-state index in [-0.39, 0.29) is 11.6 Å². The molecule has 0 spiro atoms. The number of para-hydroxylation sites is 3. The highest BCUT2D eigenvalue weighted by molar-refractivity contribution is 5.92. The summed E-state index contributed by atoms with van der Waals surface area (Å²) in [6.45, 7) is 4.26. The molecule has 2 aromatic carbocycles. The van der Waals surface area contributed by atoms with Gasteiger partial charge in [-0.1, -0.05) is 30.3 Å². The zero-order valence-corrected chi connectivity index (χ0v) is 16.2. The van der Waals surface area contributed by atoms with E-state index in [0.29, 0.717) is 24.1 Å². The molecule has 1 aliphatic rings. The van der Waals surface area contributed by atoms with Crippen LogP contribution in [-0.4, -0.2) is 59.0 Å². The first-order chi connectivity index (χ1) is 14.1. The quantitative estimate of drug-likeness (QED) is 0.637. The summed E-state index contributed by atoms with van der Waals surface area (Å²) in [5, 5.41) is 0. The van der Waals surface area contributed by atoms with E-state index in [9.17, 15) is 9.59 Å².